The van der Waals surface area contributed by atoms with Gasteiger partial charge < -0.3 is 15.8 Å². The third-order valence-corrected chi connectivity index (χ3v) is 1.92. The Morgan fingerprint density at radius 2 is 2.41 bits per heavy atom. The summed E-state index contributed by atoms with van der Waals surface area (Å²) < 4.78 is 29.9. The number of amides is 1. The molecule has 0 spiro atoms. The van der Waals surface area contributed by atoms with Crippen LogP contribution in [-0.4, -0.2) is 42.4 Å². The van der Waals surface area contributed by atoms with Gasteiger partial charge in [-0.1, -0.05) is 0 Å². The highest BCUT2D eigenvalue weighted by molar-refractivity contribution is 5.96. The fourth-order valence-corrected chi connectivity index (χ4v) is 1.20. The molecule has 0 fully saturated rings. The molecule has 17 heavy (non-hydrogen) atoms. The molecule has 8 heteroatoms. The van der Waals surface area contributed by atoms with Crippen molar-refractivity contribution in [1.82, 2.24) is 15.1 Å². The zero-order valence-corrected chi connectivity index (χ0v) is 9.32. The summed E-state index contributed by atoms with van der Waals surface area (Å²) >= 11 is 0. The molecule has 1 aromatic rings. The van der Waals surface area contributed by atoms with Gasteiger partial charge in [0.1, 0.15) is 6.54 Å². The van der Waals surface area contributed by atoms with Gasteiger partial charge in [-0.3, -0.25) is 9.48 Å². The normalized spacial score (nSPS) is 10.8. The largest absolute Gasteiger partial charge is 0.396 e. The van der Waals surface area contributed by atoms with Crippen LogP contribution < -0.4 is 11.1 Å². The highest BCUT2D eigenvalue weighted by Gasteiger charge is 2.15. The Morgan fingerprint density at radius 1 is 1.71 bits per heavy atom. The molecule has 0 saturated carbocycles. The number of nitrogens with zero attached hydrogens (tertiary/aromatic N) is 2. The van der Waals surface area contributed by atoms with Crippen LogP contribution >= 0.6 is 0 Å². The van der Waals surface area contributed by atoms with Crippen molar-refractivity contribution in [2.45, 2.75) is 13.0 Å². The van der Waals surface area contributed by atoms with Crippen molar-refractivity contribution in [1.29, 1.82) is 0 Å². The molecular formula is C9H14F2N4O2. The minimum atomic E-state index is -2.54. The van der Waals surface area contributed by atoms with Crippen LogP contribution in [0.2, 0.25) is 0 Å². The fourth-order valence-electron chi connectivity index (χ4n) is 1.20. The Morgan fingerprint density at radius 3 is 3.00 bits per heavy atom. The van der Waals surface area contributed by atoms with E-state index in [1.807, 2.05) is 0 Å². The fraction of sp³-hybridized carbons (Fsp3) is 0.556. The highest BCUT2D eigenvalue weighted by Crippen LogP contribution is 2.10. The predicted octanol–water partition coefficient (Wildman–Crippen LogP) is 0.107. The van der Waals surface area contributed by atoms with Gasteiger partial charge in [-0.05, 0) is 0 Å². The van der Waals surface area contributed by atoms with E-state index in [4.69, 9.17) is 10.5 Å². The quantitative estimate of drug-likeness (QED) is 0.700. The summed E-state index contributed by atoms with van der Waals surface area (Å²) in [6.45, 7) is 0.0649. The van der Waals surface area contributed by atoms with Gasteiger partial charge in [-0.15, -0.1) is 0 Å². The van der Waals surface area contributed by atoms with E-state index in [1.165, 1.54) is 13.3 Å². The molecule has 0 atom stereocenters. The number of halogens is 2. The summed E-state index contributed by atoms with van der Waals surface area (Å²) in [6.07, 6.45) is -1.34. The Kier molecular flexibility index (Phi) is 4.83. The van der Waals surface area contributed by atoms with E-state index < -0.39 is 18.9 Å². The standard InChI is InChI=1S/C9H14F2N4O2/c1-17-3-2-13-9(16)8-6(12)4-15(14-8)5-7(10)11/h4,7H,2-3,5,12H2,1H3,(H,13,16). The topological polar surface area (TPSA) is 82.2 Å². The second-order valence-corrected chi connectivity index (χ2v) is 3.29. The molecule has 6 nitrogen and oxygen atoms in total. The first kappa shape index (κ1) is 13.4. The second kappa shape index (κ2) is 6.14. The number of nitrogen functional groups attached to an aromatic ring is 1. The maximum atomic E-state index is 12.1. The molecule has 1 heterocycles. The Balaban J connectivity index is 2.63. The lowest BCUT2D eigenvalue weighted by molar-refractivity contribution is 0.0927. The van der Waals surface area contributed by atoms with Gasteiger partial charge in [0.25, 0.3) is 12.3 Å². The van der Waals surface area contributed by atoms with Crippen LogP contribution in [0.5, 0.6) is 0 Å². The van der Waals surface area contributed by atoms with Gasteiger partial charge >= 0.3 is 0 Å². The zero-order valence-electron chi connectivity index (χ0n) is 9.32. The van der Waals surface area contributed by atoms with E-state index in [1.54, 1.807) is 0 Å². The molecule has 0 aliphatic heterocycles. The number of alkyl halides is 2. The van der Waals surface area contributed by atoms with Gasteiger partial charge in [-0.2, -0.15) is 5.10 Å². The number of hydrogen-bond donors (Lipinski definition) is 2. The van der Waals surface area contributed by atoms with E-state index in [0.29, 0.717) is 13.2 Å². The summed E-state index contributed by atoms with van der Waals surface area (Å²) in [4.78, 5) is 11.5. The number of anilines is 1. The maximum Gasteiger partial charge on any atom is 0.274 e. The third-order valence-electron chi connectivity index (χ3n) is 1.92. The summed E-state index contributed by atoms with van der Waals surface area (Å²) in [7, 11) is 1.50. The lowest BCUT2D eigenvalue weighted by Crippen LogP contribution is -2.28. The van der Waals surface area contributed by atoms with Crippen LogP contribution in [0.1, 0.15) is 10.5 Å². The Labute approximate surface area is 96.7 Å². The molecule has 0 radical (unpaired) electrons. The number of nitrogens with two attached hydrogens (primary N) is 1. The third kappa shape index (κ3) is 3.99. The number of aromatic nitrogens is 2. The molecule has 1 rings (SSSR count). The summed E-state index contributed by atoms with van der Waals surface area (Å²) in [6, 6.07) is 0. The van der Waals surface area contributed by atoms with E-state index in [2.05, 4.69) is 10.4 Å². The zero-order chi connectivity index (χ0) is 12.8. The first-order valence-electron chi connectivity index (χ1n) is 4.92. The monoisotopic (exact) mass is 248 g/mol. The number of nitrogens with one attached hydrogen (secondary N) is 1. The predicted molar refractivity (Wildman–Crippen MR) is 56.9 cm³/mol. The molecule has 1 aromatic heterocycles. The van der Waals surface area contributed by atoms with Crippen molar-refractivity contribution < 1.29 is 18.3 Å². The van der Waals surface area contributed by atoms with Crippen LogP contribution in [0.3, 0.4) is 0 Å². The van der Waals surface area contributed by atoms with Crippen LogP contribution in [0.4, 0.5) is 14.5 Å². The first-order chi connectivity index (χ1) is 8.04. The Hall–Kier alpha value is -1.70. The van der Waals surface area contributed by atoms with Gasteiger partial charge in [0, 0.05) is 19.9 Å². The lowest BCUT2D eigenvalue weighted by Gasteiger charge is -2.02. The van der Waals surface area contributed by atoms with E-state index in [-0.39, 0.29) is 11.4 Å². The van der Waals surface area contributed by atoms with Crippen LogP contribution in [0.15, 0.2) is 6.20 Å². The van der Waals surface area contributed by atoms with Crippen molar-refractivity contribution in [3.63, 3.8) is 0 Å². The molecule has 0 aliphatic carbocycles. The van der Waals surface area contributed by atoms with Gasteiger partial charge in [0.2, 0.25) is 0 Å². The van der Waals surface area contributed by atoms with Crippen molar-refractivity contribution in [3.8, 4) is 0 Å². The van der Waals surface area contributed by atoms with Crippen LogP contribution in [0.25, 0.3) is 0 Å². The van der Waals surface area contributed by atoms with Gasteiger partial charge in [0.05, 0.1) is 12.3 Å². The van der Waals surface area contributed by atoms with E-state index in [0.717, 1.165) is 4.68 Å². The molecule has 0 bridgehead atoms. The van der Waals surface area contributed by atoms with Crippen LogP contribution in [-0.2, 0) is 11.3 Å². The molecule has 0 saturated heterocycles. The summed E-state index contributed by atoms with van der Waals surface area (Å²) in [5.41, 5.74) is 5.52. The number of carbonyl (C=O) groups is 1. The molecule has 0 unspecified atom stereocenters. The average molecular weight is 248 g/mol. The van der Waals surface area contributed by atoms with Gasteiger partial charge in [-0.25, -0.2) is 8.78 Å². The summed E-state index contributed by atoms with van der Waals surface area (Å²) in [5, 5.41) is 6.19. The smallest absolute Gasteiger partial charge is 0.274 e. The Bertz CT molecular complexity index is 381. The molecule has 0 aliphatic rings. The number of ether oxygens (including phenoxy) is 1. The average Bonchev–Trinajstić information content (AvgIpc) is 2.58. The second-order valence-electron chi connectivity index (χ2n) is 3.29. The van der Waals surface area contributed by atoms with E-state index in [9.17, 15) is 13.6 Å². The summed E-state index contributed by atoms with van der Waals surface area (Å²) in [5.74, 6) is -0.507. The SMILES string of the molecule is COCCNC(=O)c1nn(CC(F)F)cc1N. The van der Waals surface area contributed by atoms with Crippen LogP contribution in [0, 0.1) is 0 Å². The first-order valence-corrected chi connectivity index (χ1v) is 4.92. The molecular weight excluding hydrogens is 234 g/mol. The maximum absolute atomic E-state index is 12.1. The molecule has 1 amide bonds. The van der Waals surface area contributed by atoms with Gasteiger partial charge in [0.15, 0.2) is 5.69 Å². The lowest BCUT2D eigenvalue weighted by atomic mass is 10.3. The van der Waals surface area contributed by atoms with Crippen molar-refractivity contribution in [2.24, 2.45) is 0 Å². The molecule has 0 aromatic carbocycles. The number of hydrogen-bond acceptors (Lipinski definition) is 4. The molecule has 3 N–H and O–H groups in total. The minimum absolute atomic E-state index is 0.0539. The number of rotatable bonds is 6. The van der Waals surface area contributed by atoms with Crippen molar-refractivity contribution in [3.05, 3.63) is 11.9 Å². The van der Waals surface area contributed by atoms with Crippen molar-refractivity contribution >= 4 is 11.6 Å². The van der Waals surface area contributed by atoms with E-state index >= 15 is 0 Å². The highest BCUT2D eigenvalue weighted by atomic mass is 19.3. The number of methoxy groups -OCH3 is 1. The van der Waals surface area contributed by atoms with Crippen molar-refractivity contribution in [2.75, 3.05) is 26.0 Å². The number of carbonyl (C=O) groups excluding carboxylic acids is 1. The minimum Gasteiger partial charge on any atom is -0.396 e. The molecule has 96 valence electrons.